The normalized spacial score (nSPS) is 13.6. The van der Waals surface area contributed by atoms with E-state index in [0.29, 0.717) is 18.7 Å². The van der Waals surface area contributed by atoms with E-state index in [9.17, 15) is 17.6 Å². The predicted molar refractivity (Wildman–Crippen MR) is 96.3 cm³/mol. The molecule has 0 bridgehead atoms. The summed E-state index contributed by atoms with van der Waals surface area (Å²) in [5.41, 5.74) is 2.29. The molecular weight excluding hydrogens is 359 g/mol. The molecule has 2 aromatic carbocycles. The van der Waals surface area contributed by atoms with Crippen LogP contribution in [0.4, 0.5) is 15.8 Å². The maximum Gasteiger partial charge on any atom is 0.261 e. The molecule has 0 unspecified atom stereocenters. The van der Waals surface area contributed by atoms with E-state index in [1.807, 2.05) is 0 Å². The number of nitrogens with zero attached hydrogens (tertiary/aromatic N) is 1. The van der Waals surface area contributed by atoms with Crippen LogP contribution in [0.15, 0.2) is 41.3 Å². The number of carbonyl (C=O) groups is 1. The summed E-state index contributed by atoms with van der Waals surface area (Å²) in [5, 5.41) is 0. The number of methoxy groups -OCH3 is 1. The Hall–Kier alpha value is -2.45. The number of sulfonamides is 1. The topological polar surface area (TPSA) is 75.7 Å². The molecule has 0 aromatic heterocycles. The number of anilines is 2. The van der Waals surface area contributed by atoms with Crippen LogP contribution in [0.5, 0.6) is 0 Å². The van der Waals surface area contributed by atoms with E-state index in [1.165, 1.54) is 26.2 Å². The lowest BCUT2D eigenvalue weighted by molar-refractivity contribution is -0.122. The van der Waals surface area contributed by atoms with Crippen molar-refractivity contribution in [3.05, 3.63) is 53.3 Å². The van der Waals surface area contributed by atoms with Crippen LogP contribution in [0.25, 0.3) is 0 Å². The lowest BCUT2D eigenvalue weighted by atomic mass is 10.1. The molecule has 3 rings (SSSR count). The third-order valence-electron chi connectivity index (χ3n) is 4.24. The zero-order chi connectivity index (χ0) is 18.9. The molecule has 1 amide bonds. The van der Waals surface area contributed by atoms with E-state index in [4.69, 9.17) is 4.74 Å². The van der Waals surface area contributed by atoms with E-state index in [2.05, 4.69) is 4.72 Å². The minimum atomic E-state index is -3.83. The van der Waals surface area contributed by atoms with Gasteiger partial charge in [-0.25, -0.2) is 12.8 Å². The van der Waals surface area contributed by atoms with Crippen LogP contribution in [0.3, 0.4) is 0 Å². The van der Waals surface area contributed by atoms with E-state index in [1.54, 1.807) is 23.1 Å². The van der Waals surface area contributed by atoms with Gasteiger partial charge in [-0.3, -0.25) is 9.52 Å². The highest BCUT2D eigenvalue weighted by Crippen LogP contribution is 2.31. The Morgan fingerprint density at radius 3 is 2.73 bits per heavy atom. The molecule has 26 heavy (non-hydrogen) atoms. The maximum absolute atomic E-state index is 13.4. The Labute approximate surface area is 151 Å². The van der Waals surface area contributed by atoms with Crippen LogP contribution in [-0.4, -0.2) is 34.6 Å². The number of halogens is 1. The molecule has 0 atom stereocenters. The lowest BCUT2D eigenvalue weighted by Crippen LogP contribution is -2.31. The van der Waals surface area contributed by atoms with Gasteiger partial charge in [-0.15, -0.1) is 0 Å². The average molecular weight is 378 g/mol. The lowest BCUT2D eigenvalue weighted by Gasteiger charge is -2.17. The first-order valence-corrected chi connectivity index (χ1v) is 9.51. The van der Waals surface area contributed by atoms with Gasteiger partial charge in [0.2, 0.25) is 0 Å². The first-order valence-electron chi connectivity index (χ1n) is 8.03. The Morgan fingerprint density at radius 1 is 1.27 bits per heavy atom. The van der Waals surface area contributed by atoms with Crippen LogP contribution >= 0.6 is 0 Å². The minimum Gasteiger partial charge on any atom is -0.375 e. The molecule has 0 aliphatic carbocycles. The van der Waals surface area contributed by atoms with Crippen molar-refractivity contribution in [3.63, 3.8) is 0 Å². The second-order valence-corrected chi connectivity index (χ2v) is 7.77. The number of hydrogen-bond acceptors (Lipinski definition) is 4. The predicted octanol–water partition coefficient (Wildman–Crippen LogP) is 2.47. The van der Waals surface area contributed by atoms with Crippen LogP contribution in [0, 0.1) is 12.7 Å². The fraction of sp³-hybridized carbons (Fsp3) is 0.278. The Kier molecular flexibility index (Phi) is 4.97. The zero-order valence-corrected chi connectivity index (χ0v) is 15.3. The van der Waals surface area contributed by atoms with Crippen molar-refractivity contribution in [3.8, 4) is 0 Å². The highest BCUT2D eigenvalue weighted by molar-refractivity contribution is 7.92. The first-order chi connectivity index (χ1) is 12.3. The number of hydrogen-bond donors (Lipinski definition) is 1. The van der Waals surface area contributed by atoms with Gasteiger partial charge in [-0.1, -0.05) is 0 Å². The Balaban J connectivity index is 1.83. The Bertz CT molecular complexity index is 960. The van der Waals surface area contributed by atoms with E-state index >= 15 is 0 Å². The average Bonchev–Trinajstić information content (AvgIpc) is 3.00. The van der Waals surface area contributed by atoms with Crippen LogP contribution < -0.4 is 9.62 Å². The number of rotatable bonds is 5. The molecule has 1 aliphatic heterocycles. The van der Waals surface area contributed by atoms with Gasteiger partial charge in [0.25, 0.3) is 15.9 Å². The minimum absolute atomic E-state index is 0.00224. The molecule has 1 N–H and O–H groups in total. The third kappa shape index (κ3) is 3.56. The van der Waals surface area contributed by atoms with Gasteiger partial charge >= 0.3 is 0 Å². The third-order valence-corrected chi connectivity index (χ3v) is 5.61. The number of fused-ring (bicyclic) bond motifs is 1. The quantitative estimate of drug-likeness (QED) is 0.867. The summed E-state index contributed by atoms with van der Waals surface area (Å²) in [6.45, 7) is 2.04. The van der Waals surface area contributed by atoms with Crippen molar-refractivity contribution in [2.45, 2.75) is 18.2 Å². The van der Waals surface area contributed by atoms with Crippen molar-refractivity contribution >= 4 is 27.3 Å². The molecule has 0 spiro atoms. The molecular formula is C18H19FN2O4S. The van der Waals surface area contributed by atoms with Gasteiger partial charge in [-0.05, 0) is 60.9 Å². The molecule has 138 valence electrons. The summed E-state index contributed by atoms with van der Waals surface area (Å²) in [5.74, 6) is -0.594. The van der Waals surface area contributed by atoms with Crippen LogP contribution in [-0.2, 0) is 26.0 Å². The number of amides is 1. The SMILES string of the molecule is COCC(=O)N1CCc2cc(NS(=O)(=O)c3ccc(F)c(C)c3)ccc21. The second-order valence-electron chi connectivity index (χ2n) is 6.09. The van der Waals surface area contributed by atoms with Crippen molar-refractivity contribution in [1.82, 2.24) is 0 Å². The fourth-order valence-electron chi connectivity index (χ4n) is 2.92. The summed E-state index contributed by atoms with van der Waals surface area (Å²) in [6, 6.07) is 8.67. The van der Waals surface area contributed by atoms with Gasteiger partial charge < -0.3 is 9.64 Å². The van der Waals surface area contributed by atoms with E-state index in [0.717, 1.165) is 17.3 Å². The van der Waals surface area contributed by atoms with Gasteiger partial charge in [0.1, 0.15) is 12.4 Å². The second kappa shape index (κ2) is 7.05. The molecule has 1 heterocycles. The van der Waals surface area contributed by atoms with Gasteiger partial charge in [-0.2, -0.15) is 0 Å². The van der Waals surface area contributed by atoms with E-state index in [-0.39, 0.29) is 23.0 Å². The van der Waals surface area contributed by atoms with Crippen molar-refractivity contribution in [1.29, 1.82) is 0 Å². The van der Waals surface area contributed by atoms with Crippen LogP contribution in [0.2, 0.25) is 0 Å². The standard InChI is InChI=1S/C18H19FN2O4S/c1-12-9-15(4-5-16(12)19)26(23,24)20-14-3-6-17-13(10-14)7-8-21(17)18(22)11-25-2/h3-6,9-10,20H,7-8,11H2,1-2H3. The number of benzene rings is 2. The number of aryl methyl sites for hydroxylation is 1. The van der Waals surface area contributed by atoms with Crippen molar-refractivity contribution < 1.29 is 22.3 Å². The van der Waals surface area contributed by atoms with Gasteiger partial charge in [0.05, 0.1) is 4.90 Å². The highest BCUT2D eigenvalue weighted by atomic mass is 32.2. The maximum atomic E-state index is 13.4. The number of ether oxygens (including phenoxy) is 1. The Morgan fingerprint density at radius 2 is 2.04 bits per heavy atom. The largest absolute Gasteiger partial charge is 0.375 e. The molecule has 0 radical (unpaired) electrons. The molecule has 0 saturated heterocycles. The molecule has 8 heteroatoms. The summed E-state index contributed by atoms with van der Waals surface area (Å²) in [6.07, 6.45) is 0.635. The summed E-state index contributed by atoms with van der Waals surface area (Å²) >= 11 is 0. The van der Waals surface area contributed by atoms with Crippen molar-refractivity contribution in [2.75, 3.05) is 29.9 Å². The first kappa shape index (κ1) is 18.3. The fourth-order valence-corrected chi connectivity index (χ4v) is 4.06. The number of nitrogens with one attached hydrogen (secondary N) is 1. The monoisotopic (exact) mass is 378 g/mol. The smallest absolute Gasteiger partial charge is 0.261 e. The highest BCUT2D eigenvalue weighted by Gasteiger charge is 2.25. The molecule has 0 saturated carbocycles. The molecule has 6 nitrogen and oxygen atoms in total. The summed E-state index contributed by atoms with van der Waals surface area (Å²) in [4.78, 5) is 13.6. The van der Waals surface area contributed by atoms with Gasteiger partial charge in [0, 0.05) is 25.0 Å². The number of carbonyl (C=O) groups excluding carboxylic acids is 1. The van der Waals surface area contributed by atoms with E-state index < -0.39 is 15.8 Å². The zero-order valence-electron chi connectivity index (χ0n) is 14.5. The summed E-state index contributed by atoms with van der Waals surface area (Å²) in [7, 11) is -2.36. The molecule has 2 aromatic rings. The molecule has 0 fully saturated rings. The molecule has 1 aliphatic rings. The summed E-state index contributed by atoms with van der Waals surface area (Å²) < 4.78 is 45.8. The van der Waals surface area contributed by atoms with Crippen LogP contribution in [0.1, 0.15) is 11.1 Å². The van der Waals surface area contributed by atoms with Gasteiger partial charge in [0.15, 0.2) is 0 Å². The van der Waals surface area contributed by atoms with Crippen molar-refractivity contribution in [2.24, 2.45) is 0 Å².